The molecule has 2 aromatic heterocycles. The topological polar surface area (TPSA) is 115 Å². The van der Waals surface area contributed by atoms with Crippen molar-refractivity contribution in [3.8, 4) is 34.0 Å². The summed E-state index contributed by atoms with van der Waals surface area (Å²) < 4.78 is 47.8. The van der Waals surface area contributed by atoms with E-state index in [1.807, 2.05) is 25.1 Å². The molecule has 5 rings (SSSR count). The number of benzene rings is 3. The predicted molar refractivity (Wildman–Crippen MR) is 147 cm³/mol. The van der Waals surface area contributed by atoms with E-state index in [0.717, 1.165) is 22.3 Å². The summed E-state index contributed by atoms with van der Waals surface area (Å²) in [5.74, 6) is -2.50. The molecule has 42 heavy (non-hydrogen) atoms. The normalized spacial score (nSPS) is 11.3. The Morgan fingerprint density at radius 1 is 0.881 bits per heavy atom. The lowest BCUT2D eigenvalue weighted by atomic mass is 9.99. The fourth-order valence-electron chi connectivity index (χ4n) is 4.44. The van der Waals surface area contributed by atoms with Gasteiger partial charge in [0, 0.05) is 5.56 Å². The van der Waals surface area contributed by atoms with Crippen LogP contribution in [-0.2, 0) is 12.8 Å². The molecule has 0 radical (unpaired) electrons. The first-order chi connectivity index (χ1) is 20.0. The predicted octanol–water partition coefficient (Wildman–Crippen LogP) is 6.90. The van der Waals surface area contributed by atoms with Crippen LogP contribution in [-0.4, -0.2) is 36.9 Å². The summed E-state index contributed by atoms with van der Waals surface area (Å²) in [5.41, 5.74) is 2.25. The maximum Gasteiger partial charge on any atom is 0.434 e. The van der Waals surface area contributed by atoms with Gasteiger partial charge in [0.2, 0.25) is 0 Å². The quantitative estimate of drug-likeness (QED) is 0.207. The maximum absolute atomic E-state index is 13.7. The van der Waals surface area contributed by atoms with E-state index in [2.05, 4.69) is 10.1 Å². The molecule has 0 aliphatic carbocycles. The summed E-state index contributed by atoms with van der Waals surface area (Å²) in [6.45, 7) is 2.12. The Balaban J connectivity index is 1.40. The molecule has 2 heterocycles. The van der Waals surface area contributed by atoms with Crippen molar-refractivity contribution >= 4 is 11.9 Å². The van der Waals surface area contributed by atoms with Gasteiger partial charge in [0.25, 0.3) is 0 Å². The van der Waals surface area contributed by atoms with Gasteiger partial charge in [-0.15, -0.1) is 0 Å². The molecular formula is C31H22F3N3O5. The maximum atomic E-state index is 13.7. The molecule has 0 bridgehead atoms. The molecule has 0 aliphatic rings. The van der Waals surface area contributed by atoms with Crippen molar-refractivity contribution in [1.82, 2.24) is 14.8 Å². The number of halogens is 3. The molecule has 0 amide bonds. The number of aryl methyl sites for hydroxylation is 1. The van der Waals surface area contributed by atoms with E-state index in [0.29, 0.717) is 27.9 Å². The SMILES string of the molecule is Cc1cc(-c2ccc(C(=O)O)cc2)ccc1COc1ccccc1-c1cccc(-n2ncc(C(=O)O)c2C(F)(F)F)n1. The third-order valence-corrected chi connectivity index (χ3v) is 6.57. The zero-order chi connectivity index (χ0) is 30.0. The zero-order valence-corrected chi connectivity index (χ0v) is 22.0. The van der Waals surface area contributed by atoms with Gasteiger partial charge < -0.3 is 14.9 Å². The smallest absolute Gasteiger partial charge is 0.434 e. The second-order valence-corrected chi connectivity index (χ2v) is 9.31. The van der Waals surface area contributed by atoms with Crippen LogP contribution in [0, 0.1) is 6.92 Å². The minimum absolute atomic E-state index is 0.195. The van der Waals surface area contributed by atoms with E-state index < -0.39 is 29.4 Å². The van der Waals surface area contributed by atoms with Crippen molar-refractivity contribution in [3.63, 3.8) is 0 Å². The van der Waals surface area contributed by atoms with Crippen molar-refractivity contribution in [3.05, 3.63) is 119 Å². The Morgan fingerprint density at radius 3 is 2.26 bits per heavy atom. The number of para-hydroxylation sites is 1. The summed E-state index contributed by atoms with van der Waals surface area (Å²) >= 11 is 0. The summed E-state index contributed by atoms with van der Waals surface area (Å²) in [6.07, 6.45) is -4.33. The third-order valence-electron chi connectivity index (χ3n) is 6.57. The van der Waals surface area contributed by atoms with Crippen LogP contribution in [0.3, 0.4) is 0 Å². The van der Waals surface area contributed by atoms with Gasteiger partial charge in [-0.2, -0.15) is 18.3 Å². The van der Waals surface area contributed by atoms with Gasteiger partial charge in [-0.25, -0.2) is 19.3 Å². The van der Waals surface area contributed by atoms with E-state index in [1.165, 1.54) is 12.1 Å². The van der Waals surface area contributed by atoms with Crippen LogP contribution in [0.2, 0.25) is 0 Å². The number of alkyl halides is 3. The number of nitrogens with zero attached hydrogens (tertiary/aromatic N) is 3. The summed E-state index contributed by atoms with van der Waals surface area (Å²) in [5, 5.41) is 22.0. The lowest BCUT2D eigenvalue weighted by molar-refractivity contribution is -0.143. The summed E-state index contributed by atoms with van der Waals surface area (Å²) in [4.78, 5) is 26.8. The molecular weight excluding hydrogens is 551 g/mol. The highest BCUT2D eigenvalue weighted by molar-refractivity contribution is 5.89. The van der Waals surface area contributed by atoms with Crippen LogP contribution in [0.4, 0.5) is 13.2 Å². The first kappa shape index (κ1) is 28.1. The summed E-state index contributed by atoms with van der Waals surface area (Å²) in [6, 6.07) is 23.7. The third kappa shape index (κ3) is 5.71. The Labute approximate surface area is 237 Å². The van der Waals surface area contributed by atoms with Crippen LogP contribution >= 0.6 is 0 Å². The first-order valence-corrected chi connectivity index (χ1v) is 12.5. The fourth-order valence-corrected chi connectivity index (χ4v) is 4.44. The number of aromatic carboxylic acids is 2. The molecule has 3 aromatic carbocycles. The molecule has 0 fully saturated rings. The Hall–Kier alpha value is -5.45. The number of aromatic nitrogens is 3. The van der Waals surface area contributed by atoms with Gasteiger partial charge in [-0.05, 0) is 65.6 Å². The Bertz CT molecular complexity index is 1800. The molecule has 2 N–H and O–H groups in total. The van der Waals surface area contributed by atoms with Gasteiger partial charge in [-0.3, -0.25) is 0 Å². The van der Waals surface area contributed by atoms with Crippen LogP contribution in [0.25, 0.3) is 28.2 Å². The second kappa shape index (κ2) is 11.2. The van der Waals surface area contributed by atoms with Crippen LogP contribution in [0.5, 0.6) is 5.75 Å². The van der Waals surface area contributed by atoms with Crippen LogP contribution in [0.15, 0.2) is 91.1 Å². The lowest BCUT2D eigenvalue weighted by Gasteiger charge is -2.15. The van der Waals surface area contributed by atoms with Gasteiger partial charge in [0.1, 0.15) is 17.9 Å². The number of hydrogen-bond acceptors (Lipinski definition) is 5. The number of carboxylic acids is 2. The van der Waals surface area contributed by atoms with Gasteiger partial charge >= 0.3 is 18.1 Å². The molecule has 5 aromatic rings. The number of hydrogen-bond donors (Lipinski definition) is 2. The molecule has 0 aliphatic heterocycles. The van der Waals surface area contributed by atoms with E-state index in [-0.39, 0.29) is 18.0 Å². The number of ether oxygens (including phenoxy) is 1. The van der Waals surface area contributed by atoms with Crippen molar-refractivity contribution in [2.75, 3.05) is 0 Å². The fraction of sp³-hybridized carbons (Fsp3) is 0.0968. The minimum Gasteiger partial charge on any atom is -0.488 e. The van der Waals surface area contributed by atoms with E-state index in [4.69, 9.17) is 9.84 Å². The standard InChI is InChI=1S/C31H22F3N3O5/c1-18-15-21(19-9-11-20(12-10-19)29(38)39)13-14-22(18)17-42-26-7-3-2-5-23(26)25-6-4-8-27(36-25)37-28(31(32,33)34)24(16-35-37)30(40)41/h2-16H,17H2,1H3,(H,38,39)(H,40,41). The van der Waals surface area contributed by atoms with Crippen molar-refractivity contribution in [2.45, 2.75) is 19.7 Å². The minimum atomic E-state index is -4.97. The Kier molecular flexibility index (Phi) is 7.49. The second-order valence-electron chi connectivity index (χ2n) is 9.31. The van der Waals surface area contributed by atoms with Crippen LogP contribution < -0.4 is 4.74 Å². The number of carboxylic acid groups (broad SMARTS) is 2. The highest BCUT2D eigenvalue weighted by Gasteiger charge is 2.41. The molecule has 0 saturated carbocycles. The number of rotatable bonds is 8. The van der Waals surface area contributed by atoms with E-state index in [9.17, 15) is 27.9 Å². The number of carbonyl (C=O) groups is 2. The first-order valence-electron chi connectivity index (χ1n) is 12.5. The average Bonchev–Trinajstić information content (AvgIpc) is 3.44. The van der Waals surface area contributed by atoms with Crippen molar-refractivity contribution < 1.29 is 37.7 Å². The average molecular weight is 574 g/mol. The molecule has 0 atom stereocenters. The van der Waals surface area contributed by atoms with Gasteiger partial charge in [0.15, 0.2) is 11.5 Å². The summed E-state index contributed by atoms with van der Waals surface area (Å²) in [7, 11) is 0. The monoisotopic (exact) mass is 573 g/mol. The van der Waals surface area contributed by atoms with Crippen molar-refractivity contribution in [2.24, 2.45) is 0 Å². The number of pyridine rings is 1. The molecule has 8 nitrogen and oxygen atoms in total. The Morgan fingerprint density at radius 2 is 1.60 bits per heavy atom. The molecule has 212 valence electrons. The molecule has 0 spiro atoms. The van der Waals surface area contributed by atoms with Gasteiger partial charge in [-0.1, -0.05) is 48.5 Å². The molecule has 0 unspecified atom stereocenters. The van der Waals surface area contributed by atoms with Crippen LogP contribution in [0.1, 0.15) is 37.5 Å². The largest absolute Gasteiger partial charge is 0.488 e. The molecule has 11 heteroatoms. The van der Waals surface area contributed by atoms with E-state index in [1.54, 1.807) is 54.6 Å². The lowest BCUT2D eigenvalue weighted by Crippen LogP contribution is -2.18. The van der Waals surface area contributed by atoms with Gasteiger partial charge in [0.05, 0.1) is 17.5 Å². The highest BCUT2D eigenvalue weighted by atomic mass is 19.4. The molecule has 0 saturated heterocycles. The zero-order valence-electron chi connectivity index (χ0n) is 22.0. The van der Waals surface area contributed by atoms with E-state index >= 15 is 0 Å². The van der Waals surface area contributed by atoms with Crippen molar-refractivity contribution in [1.29, 1.82) is 0 Å². The highest BCUT2D eigenvalue weighted by Crippen LogP contribution is 2.35.